The first-order valence-corrected chi connectivity index (χ1v) is 12.7. The third kappa shape index (κ3) is 5.47. The maximum Gasteiger partial charge on any atom is 0.262 e. The van der Waals surface area contributed by atoms with Crippen LogP contribution in [-0.4, -0.2) is 43.0 Å². The van der Waals surface area contributed by atoms with E-state index in [4.69, 9.17) is 4.74 Å². The lowest BCUT2D eigenvalue weighted by Gasteiger charge is -2.14. The Morgan fingerprint density at radius 2 is 1.79 bits per heavy atom. The van der Waals surface area contributed by atoms with Crippen molar-refractivity contribution in [2.75, 3.05) is 18.9 Å². The number of carbonyl (C=O) groups is 1. The van der Waals surface area contributed by atoms with Crippen molar-refractivity contribution >= 4 is 32.5 Å². The fourth-order valence-electron chi connectivity index (χ4n) is 3.83. The Kier molecular flexibility index (Phi) is 7.39. The van der Waals surface area contributed by atoms with Crippen molar-refractivity contribution in [1.29, 1.82) is 0 Å². The van der Waals surface area contributed by atoms with Crippen LogP contribution in [0.5, 0.6) is 5.88 Å². The number of halogens is 2. The predicted molar refractivity (Wildman–Crippen MR) is 136 cm³/mol. The van der Waals surface area contributed by atoms with E-state index >= 15 is 0 Å². The minimum atomic E-state index is -4.40. The van der Waals surface area contributed by atoms with E-state index in [-0.39, 0.29) is 35.0 Å². The number of nitrogens with one attached hydrogen (secondary N) is 2. The van der Waals surface area contributed by atoms with E-state index < -0.39 is 32.5 Å². The van der Waals surface area contributed by atoms with Crippen molar-refractivity contribution < 1.29 is 26.7 Å². The minimum Gasteiger partial charge on any atom is -0.480 e. The van der Waals surface area contributed by atoms with E-state index in [2.05, 4.69) is 20.0 Å². The average Bonchev–Trinajstić information content (AvgIpc) is 2.88. The average molecular weight is 544 g/mol. The van der Waals surface area contributed by atoms with E-state index in [1.807, 2.05) is 0 Å². The molecule has 2 aromatic carbocycles. The molecule has 4 aromatic rings. The number of benzene rings is 2. The highest BCUT2D eigenvalue weighted by Crippen LogP contribution is 2.31. The first-order chi connectivity index (χ1) is 18.0. The molecular formula is C25H23F2N5O5S. The SMILES string of the molecule is CNC(=O)C(C)Cn1cnc2ccc(-c3cnc(OC)c(NS(=O)(=O)c4cc(F)cc(F)c4)c3)cc2c1=O. The molecule has 1 atom stereocenters. The van der Waals surface area contributed by atoms with Gasteiger partial charge in [0.05, 0.1) is 35.2 Å². The summed E-state index contributed by atoms with van der Waals surface area (Å²) in [5.41, 5.74) is 0.921. The molecule has 2 aromatic heterocycles. The van der Waals surface area contributed by atoms with Gasteiger partial charge in [0.25, 0.3) is 15.6 Å². The van der Waals surface area contributed by atoms with Crippen molar-refractivity contribution in [3.05, 3.63) is 77.0 Å². The van der Waals surface area contributed by atoms with Crippen LogP contribution < -0.4 is 20.3 Å². The second kappa shape index (κ2) is 10.5. The van der Waals surface area contributed by atoms with Crippen LogP contribution in [0.25, 0.3) is 22.0 Å². The highest BCUT2D eigenvalue weighted by Gasteiger charge is 2.20. The van der Waals surface area contributed by atoms with Gasteiger partial charge < -0.3 is 10.1 Å². The number of pyridine rings is 1. The van der Waals surface area contributed by atoms with Crippen LogP contribution in [-0.2, 0) is 21.4 Å². The molecule has 0 saturated heterocycles. The summed E-state index contributed by atoms with van der Waals surface area (Å²) < 4.78 is 61.6. The summed E-state index contributed by atoms with van der Waals surface area (Å²) >= 11 is 0. The predicted octanol–water partition coefficient (Wildman–Crippen LogP) is 2.93. The molecule has 4 rings (SSSR count). The van der Waals surface area contributed by atoms with Crippen LogP contribution in [0.1, 0.15) is 6.92 Å². The monoisotopic (exact) mass is 543 g/mol. The van der Waals surface area contributed by atoms with Gasteiger partial charge in [-0.2, -0.15) is 0 Å². The van der Waals surface area contributed by atoms with Gasteiger partial charge in [-0.15, -0.1) is 0 Å². The second-order valence-corrected chi connectivity index (χ2v) is 10.1. The molecule has 10 nitrogen and oxygen atoms in total. The summed E-state index contributed by atoms with van der Waals surface area (Å²) in [6.07, 6.45) is 2.79. The Bertz CT molecular complexity index is 1690. The molecule has 0 radical (unpaired) electrons. The Hall–Kier alpha value is -4.39. The molecule has 0 aliphatic rings. The number of hydrogen-bond acceptors (Lipinski definition) is 7. The molecule has 0 aliphatic heterocycles. The second-order valence-electron chi connectivity index (χ2n) is 8.44. The van der Waals surface area contributed by atoms with Crippen LogP contribution in [0.3, 0.4) is 0 Å². The maximum atomic E-state index is 13.6. The zero-order valence-corrected chi connectivity index (χ0v) is 21.3. The van der Waals surface area contributed by atoms with Crippen molar-refractivity contribution in [1.82, 2.24) is 19.9 Å². The standard InChI is InChI=1S/C25H23F2N5O5S/c1-14(23(33)28-2)12-32-13-30-21-5-4-15(6-20(21)25(32)34)16-7-22(24(37-3)29-11-16)31-38(35,36)19-9-17(26)8-18(27)10-19/h4-11,13-14,31H,12H2,1-3H3,(H,28,33). The highest BCUT2D eigenvalue weighted by molar-refractivity contribution is 7.92. The van der Waals surface area contributed by atoms with Gasteiger partial charge in [0, 0.05) is 31.4 Å². The van der Waals surface area contributed by atoms with E-state index in [0.29, 0.717) is 34.8 Å². The van der Waals surface area contributed by atoms with Crippen LogP contribution in [0.15, 0.2) is 64.7 Å². The number of rotatable bonds is 8. The van der Waals surface area contributed by atoms with Crippen LogP contribution in [0.4, 0.5) is 14.5 Å². The van der Waals surface area contributed by atoms with Crippen molar-refractivity contribution in [3.63, 3.8) is 0 Å². The summed E-state index contributed by atoms with van der Waals surface area (Å²) in [5, 5.41) is 2.82. The molecule has 0 spiro atoms. The molecule has 13 heteroatoms. The molecular weight excluding hydrogens is 520 g/mol. The maximum absolute atomic E-state index is 13.6. The van der Waals surface area contributed by atoms with Crippen molar-refractivity contribution in [2.45, 2.75) is 18.4 Å². The smallest absolute Gasteiger partial charge is 0.262 e. The van der Waals surface area contributed by atoms with Gasteiger partial charge in [0.2, 0.25) is 11.8 Å². The number of sulfonamides is 1. The normalized spacial score (nSPS) is 12.2. The highest BCUT2D eigenvalue weighted by atomic mass is 32.2. The molecule has 1 unspecified atom stereocenters. The number of hydrogen-bond donors (Lipinski definition) is 2. The topological polar surface area (TPSA) is 132 Å². The van der Waals surface area contributed by atoms with Gasteiger partial charge in [-0.1, -0.05) is 13.0 Å². The largest absolute Gasteiger partial charge is 0.480 e. The number of fused-ring (bicyclic) bond motifs is 1. The van der Waals surface area contributed by atoms with Crippen molar-refractivity contribution in [3.8, 4) is 17.0 Å². The first-order valence-electron chi connectivity index (χ1n) is 11.3. The lowest BCUT2D eigenvalue weighted by Crippen LogP contribution is -2.32. The van der Waals surface area contributed by atoms with Crippen LogP contribution >= 0.6 is 0 Å². The summed E-state index contributed by atoms with van der Waals surface area (Å²) in [6, 6.07) is 8.23. The lowest BCUT2D eigenvalue weighted by atomic mass is 10.0. The Morgan fingerprint density at radius 1 is 1.08 bits per heavy atom. The van der Waals surface area contributed by atoms with Crippen LogP contribution in [0.2, 0.25) is 0 Å². The Morgan fingerprint density at radius 3 is 2.45 bits per heavy atom. The molecule has 1 amide bonds. The molecule has 0 saturated carbocycles. The van der Waals surface area contributed by atoms with Gasteiger partial charge in [-0.05, 0) is 35.9 Å². The molecule has 38 heavy (non-hydrogen) atoms. The van der Waals surface area contributed by atoms with Gasteiger partial charge >= 0.3 is 0 Å². The van der Waals surface area contributed by atoms with Gasteiger partial charge in [-0.3, -0.25) is 18.9 Å². The third-order valence-electron chi connectivity index (χ3n) is 5.76. The van der Waals surface area contributed by atoms with Gasteiger partial charge in [0.15, 0.2) is 0 Å². The molecule has 2 N–H and O–H groups in total. The summed E-state index contributed by atoms with van der Waals surface area (Å²) in [5.74, 6) is -2.87. The fraction of sp³-hybridized carbons (Fsp3) is 0.200. The fourth-order valence-corrected chi connectivity index (χ4v) is 4.92. The number of methoxy groups -OCH3 is 1. The van der Waals surface area contributed by atoms with Crippen LogP contribution in [0, 0.1) is 17.6 Å². The van der Waals surface area contributed by atoms with E-state index in [9.17, 15) is 26.8 Å². The number of nitrogens with zero attached hydrogens (tertiary/aromatic N) is 3. The molecule has 0 fully saturated rings. The molecule has 0 aliphatic carbocycles. The summed E-state index contributed by atoms with van der Waals surface area (Å²) in [6.45, 7) is 1.82. The van der Waals surface area contributed by atoms with E-state index in [1.165, 1.54) is 37.3 Å². The van der Waals surface area contributed by atoms with Gasteiger partial charge in [-0.25, -0.2) is 27.2 Å². The molecule has 0 bridgehead atoms. The van der Waals surface area contributed by atoms with Gasteiger partial charge in [0.1, 0.15) is 17.3 Å². The zero-order chi connectivity index (χ0) is 27.6. The molecule has 2 heterocycles. The third-order valence-corrected chi connectivity index (χ3v) is 7.10. The quantitative estimate of drug-likeness (QED) is 0.349. The number of ether oxygens (including phenoxy) is 1. The van der Waals surface area contributed by atoms with E-state index in [1.54, 1.807) is 25.1 Å². The number of aromatic nitrogens is 3. The number of amides is 1. The number of carbonyl (C=O) groups excluding carboxylic acids is 1. The molecule has 198 valence electrons. The zero-order valence-electron chi connectivity index (χ0n) is 20.5. The summed E-state index contributed by atoms with van der Waals surface area (Å²) in [7, 11) is -1.61. The first kappa shape index (κ1) is 26.7. The van der Waals surface area contributed by atoms with E-state index in [0.717, 1.165) is 0 Å². The van der Waals surface area contributed by atoms with Crippen molar-refractivity contribution in [2.24, 2.45) is 5.92 Å². The Balaban J connectivity index is 1.73. The lowest BCUT2D eigenvalue weighted by molar-refractivity contribution is -0.124. The number of anilines is 1. The Labute approximate surface area is 216 Å². The summed E-state index contributed by atoms with van der Waals surface area (Å²) in [4.78, 5) is 32.8. The minimum absolute atomic E-state index is 0.0813.